The lowest BCUT2D eigenvalue weighted by Crippen LogP contribution is -2.54. The first kappa shape index (κ1) is 12.4. The first-order chi connectivity index (χ1) is 6.94. The van der Waals surface area contributed by atoms with Crippen molar-refractivity contribution in [1.82, 2.24) is 0 Å². The first-order valence-electron chi connectivity index (χ1n) is 5.21. The summed E-state index contributed by atoms with van der Waals surface area (Å²) in [6.45, 7) is 1.35. The van der Waals surface area contributed by atoms with E-state index >= 15 is 0 Å². The van der Waals surface area contributed by atoms with Crippen LogP contribution in [-0.2, 0) is 9.53 Å². The Kier molecular flexibility index (Phi) is 3.65. The molecule has 1 aliphatic carbocycles. The van der Waals surface area contributed by atoms with Crippen molar-refractivity contribution in [2.75, 3.05) is 6.61 Å². The summed E-state index contributed by atoms with van der Waals surface area (Å²) in [4.78, 5) is 11.0. The Balaban J connectivity index is 2.77. The summed E-state index contributed by atoms with van der Waals surface area (Å²) < 4.78 is 31.4. The molecule has 0 spiro atoms. The zero-order chi connectivity index (χ0) is 11.5. The maximum absolute atomic E-state index is 13.5. The molecular weight excluding hydrogens is 206 g/mol. The minimum absolute atomic E-state index is 0.0428. The standard InChI is InChI=1S/C10H16F2O3/c1-2-15-8(13)10(11,12)9(14)6-4-3-5-7-9/h14H,2-7H2,1H3. The summed E-state index contributed by atoms with van der Waals surface area (Å²) in [6.07, 6.45) is 1.77. The van der Waals surface area contributed by atoms with Crippen LogP contribution < -0.4 is 0 Å². The van der Waals surface area contributed by atoms with Crippen molar-refractivity contribution in [2.45, 2.75) is 50.6 Å². The Labute approximate surface area is 87.4 Å². The fraction of sp³-hybridized carbons (Fsp3) is 0.900. The Bertz CT molecular complexity index is 235. The van der Waals surface area contributed by atoms with Gasteiger partial charge >= 0.3 is 11.9 Å². The molecule has 1 aliphatic rings. The minimum atomic E-state index is -3.79. The molecule has 0 aromatic rings. The van der Waals surface area contributed by atoms with Crippen molar-refractivity contribution in [3.05, 3.63) is 0 Å². The highest BCUT2D eigenvalue weighted by atomic mass is 19.3. The van der Waals surface area contributed by atoms with Crippen molar-refractivity contribution in [3.63, 3.8) is 0 Å². The highest BCUT2D eigenvalue weighted by molar-refractivity contribution is 5.79. The van der Waals surface area contributed by atoms with Gasteiger partial charge in [-0.25, -0.2) is 4.79 Å². The van der Waals surface area contributed by atoms with Crippen LogP contribution in [0.1, 0.15) is 39.0 Å². The van der Waals surface area contributed by atoms with Crippen molar-refractivity contribution >= 4 is 5.97 Å². The second kappa shape index (κ2) is 4.43. The van der Waals surface area contributed by atoms with E-state index in [1.165, 1.54) is 6.92 Å². The molecule has 3 nitrogen and oxygen atoms in total. The van der Waals surface area contributed by atoms with Gasteiger partial charge in [-0.3, -0.25) is 0 Å². The molecule has 1 rings (SSSR count). The number of alkyl halides is 2. The quantitative estimate of drug-likeness (QED) is 0.741. The SMILES string of the molecule is CCOC(=O)C(F)(F)C1(O)CCCCC1. The van der Waals surface area contributed by atoms with E-state index in [2.05, 4.69) is 4.74 Å². The number of carbonyl (C=O) groups is 1. The molecule has 0 aromatic heterocycles. The van der Waals surface area contributed by atoms with Gasteiger partial charge in [0, 0.05) is 0 Å². The Morgan fingerprint density at radius 2 is 1.93 bits per heavy atom. The summed E-state index contributed by atoms with van der Waals surface area (Å²) in [7, 11) is 0. The average Bonchev–Trinajstić information content (AvgIpc) is 2.19. The van der Waals surface area contributed by atoms with E-state index in [1.54, 1.807) is 0 Å². The third kappa shape index (κ3) is 2.27. The number of ether oxygens (including phenoxy) is 1. The third-order valence-electron chi connectivity index (χ3n) is 2.80. The number of esters is 1. The van der Waals surface area contributed by atoms with Crippen LogP contribution in [0, 0.1) is 0 Å². The molecule has 0 radical (unpaired) electrons. The zero-order valence-electron chi connectivity index (χ0n) is 8.76. The largest absolute Gasteiger partial charge is 0.461 e. The van der Waals surface area contributed by atoms with E-state index in [9.17, 15) is 18.7 Å². The lowest BCUT2D eigenvalue weighted by atomic mass is 9.80. The van der Waals surface area contributed by atoms with Gasteiger partial charge in [-0.15, -0.1) is 0 Å². The summed E-state index contributed by atoms with van der Waals surface area (Å²) in [5.74, 6) is -5.40. The van der Waals surface area contributed by atoms with Gasteiger partial charge < -0.3 is 9.84 Å². The molecule has 1 fully saturated rings. The molecule has 0 aliphatic heterocycles. The molecule has 0 saturated heterocycles. The van der Waals surface area contributed by atoms with Gasteiger partial charge in [-0.2, -0.15) is 8.78 Å². The van der Waals surface area contributed by atoms with E-state index < -0.39 is 17.5 Å². The zero-order valence-corrected chi connectivity index (χ0v) is 8.76. The van der Waals surface area contributed by atoms with Crippen LogP contribution in [0.3, 0.4) is 0 Å². The summed E-state index contributed by atoms with van der Waals surface area (Å²) in [5, 5.41) is 9.75. The Hall–Kier alpha value is -0.710. The molecule has 5 heteroatoms. The maximum atomic E-state index is 13.5. The van der Waals surface area contributed by atoms with Crippen LogP contribution in [0.4, 0.5) is 8.78 Å². The van der Waals surface area contributed by atoms with E-state index in [0.29, 0.717) is 12.8 Å². The van der Waals surface area contributed by atoms with E-state index in [4.69, 9.17) is 0 Å². The number of halogens is 2. The number of hydrogen-bond acceptors (Lipinski definition) is 3. The molecule has 0 heterocycles. The van der Waals surface area contributed by atoms with Crippen molar-refractivity contribution in [1.29, 1.82) is 0 Å². The molecule has 0 unspecified atom stereocenters. The molecule has 1 saturated carbocycles. The smallest absolute Gasteiger partial charge is 0.380 e. The van der Waals surface area contributed by atoms with Gasteiger partial charge in [0.25, 0.3) is 0 Å². The van der Waals surface area contributed by atoms with Gasteiger partial charge in [0.1, 0.15) is 5.60 Å². The molecule has 0 atom stereocenters. The molecule has 1 N–H and O–H groups in total. The van der Waals surface area contributed by atoms with Gasteiger partial charge in [-0.1, -0.05) is 19.3 Å². The van der Waals surface area contributed by atoms with E-state index in [0.717, 1.165) is 6.42 Å². The molecule has 15 heavy (non-hydrogen) atoms. The Morgan fingerprint density at radius 3 is 2.40 bits per heavy atom. The minimum Gasteiger partial charge on any atom is -0.461 e. The van der Waals surface area contributed by atoms with E-state index in [1.807, 2.05) is 0 Å². The predicted octanol–water partition coefficient (Wildman–Crippen LogP) is 1.88. The van der Waals surface area contributed by atoms with Crippen LogP contribution in [-0.4, -0.2) is 29.2 Å². The molecule has 0 aromatic carbocycles. The molecular formula is C10H16F2O3. The molecule has 0 amide bonds. The first-order valence-corrected chi connectivity index (χ1v) is 5.21. The number of hydrogen-bond donors (Lipinski definition) is 1. The highest BCUT2D eigenvalue weighted by Gasteiger charge is 2.59. The maximum Gasteiger partial charge on any atom is 0.380 e. The lowest BCUT2D eigenvalue weighted by Gasteiger charge is -2.36. The summed E-state index contributed by atoms with van der Waals surface area (Å²) in [6, 6.07) is 0. The van der Waals surface area contributed by atoms with Crippen molar-refractivity contribution in [2.24, 2.45) is 0 Å². The fourth-order valence-electron chi connectivity index (χ4n) is 1.86. The number of rotatable bonds is 3. The predicted molar refractivity (Wildman–Crippen MR) is 49.6 cm³/mol. The van der Waals surface area contributed by atoms with Gasteiger partial charge in [-0.05, 0) is 19.8 Å². The van der Waals surface area contributed by atoms with Crippen molar-refractivity contribution in [3.8, 4) is 0 Å². The monoisotopic (exact) mass is 222 g/mol. The number of aliphatic hydroxyl groups is 1. The second-order valence-electron chi connectivity index (χ2n) is 3.89. The lowest BCUT2D eigenvalue weighted by molar-refractivity contribution is -0.220. The summed E-state index contributed by atoms with van der Waals surface area (Å²) in [5.41, 5.74) is -2.21. The van der Waals surface area contributed by atoms with Crippen LogP contribution >= 0.6 is 0 Å². The second-order valence-corrected chi connectivity index (χ2v) is 3.89. The fourth-order valence-corrected chi connectivity index (χ4v) is 1.86. The number of carbonyl (C=O) groups excluding carboxylic acids is 1. The summed E-state index contributed by atoms with van der Waals surface area (Å²) >= 11 is 0. The van der Waals surface area contributed by atoms with Crippen LogP contribution in [0.5, 0.6) is 0 Å². The average molecular weight is 222 g/mol. The Morgan fingerprint density at radius 1 is 1.40 bits per heavy atom. The molecule has 0 bridgehead atoms. The molecule has 88 valence electrons. The van der Waals surface area contributed by atoms with Gasteiger partial charge in [0.2, 0.25) is 0 Å². The van der Waals surface area contributed by atoms with Gasteiger partial charge in [0.05, 0.1) is 6.61 Å². The van der Waals surface area contributed by atoms with Crippen molar-refractivity contribution < 1.29 is 23.4 Å². The normalized spacial score (nSPS) is 21.1. The highest BCUT2D eigenvalue weighted by Crippen LogP contribution is 2.41. The van der Waals surface area contributed by atoms with Gasteiger partial charge in [0.15, 0.2) is 0 Å². The van der Waals surface area contributed by atoms with Crippen LogP contribution in [0.25, 0.3) is 0 Å². The van der Waals surface area contributed by atoms with Crippen LogP contribution in [0.15, 0.2) is 0 Å². The third-order valence-corrected chi connectivity index (χ3v) is 2.80. The topological polar surface area (TPSA) is 46.5 Å². The van der Waals surface area contributed by atoms with E-state index in [-0.39, 0.29) is 19.4 Å². The van der Waals surface area contributed by atoms with Crippen LogP contribution in [0.2, 0.25) is 0 Å².